The van der Waals surface area contributed by atoms with E-state index in [4.69, 9.17) is 0 Å². The lowest BCUT2D eigenvalue weighted by Gasteiger charge is -2.13. The third-order valence-electron chi connectivity index (χ3n) is 3.70. The van der Waals surface area contributed by atoms with Gasteiger partial charge in [-0.1, -0.05) is 18.2 Å². The Morgan fingerprint density at radius 2 is 1.94 bits per heavy atom. The average Bonchev–Trinajstić information content (AvgIpc) is 2.96. The molecule has 0 radical (unpaired) electrons. The smallest absolute Gasteiger partial charge is 0.0456 e. The van der Waals surface area contributed by atoms with Gasteiger partial charge in [0.25, 0.3) is 0 Å². The van der Waals surface area contributed by atoms with Gasteiger partial charge in [0.1, 0.15) is 0 Å². The normalized spacial score (nSPS) is 16.9. The van der Waals surface area contributed by atoms with E-state index in [0.717, 1.165) is 0 Å². The second kappa shape index (κ2) is 4.92. The zero-order valence-corrected chi connectivity index (χ0v) is 10.3. The van der Waals surface area contributed by atoms with E-state index < -0.39 is 0 Å². The number of rotatable bonds is 4. The Morgan fingerprint density at radius 3 is 2.76 bits per heavy atom. The van der Waals surface area contributed by atoms with Crippen molar-refractivity contribution in [3.63, 3.8) is 0 Å². The van der Waals surface area contributed by atoms with Crippen LogP contribution in [-0.4, -0.2) is 29.5 Å². The first-order valence-corrected chi connectivity index (χ1v) is 6.71. The van der Waals surface area contributed by atoms with Crippen LogP contribution in [0.15, 0.2) is 30.3 Å². The Morgan fingerprint density at radius 1 is 1.12 bits per heavy atom. The summed E-state index contributed by atoms with van der Waals surface area (Å²) in [5, 5.41) is 1.34. The Kier molecular flexibility index (Phi) is 3.14. The first-order chi connectivity index (χ1) is 8.42. The second-order valence-electron chi connectivity index (χ2n) is 5.03. The van der Waals surface area contributed by atoms with Gasteiger partial charge < -0.3 is 9.88 Å². The monoisotopic (exact) mass is 228 g/mol. The fourth-order valence-electron chi connectivity index (χ4n) is 2.77. The van der Waals surface area contributed by atoms with Crippen molar-refractivity contribution in [3.8, 4) is 0 Å². The van der Waals surface area contributed by atoms with E-state index in [1.807, 2.05) is 0 Å². The van der Waals surface area contributed by atoms with Crippen LogP contribution in [-0.2, 0) is 6.42 Å². The van der Waals surface area contributed by atoms with Gasteiger partial charge in [0.15, 0.2) is 0 Å². The zero-order valence-electron chi connectivity index (χ0n) is 10.3. The maximum atomic E-state index is 3.50. The standard InChI is InChI=1S/C15H20N2/c1-2-8-15-13(6-1)12-14(16-15)7-5-11-17-9-3-4-10-17/h1-2,6,8,12,16H,3-5,7,9-11H2. The van der Waals surface area contributed by atoms with Crippen LogP contribution in [0.2, 0.25) is 0 Å². The van der Waals surface area contributed by atoms with E-state index in [2.05, 4.69) is 40.2 Å². The summed E-state index contributed by atoms with van der Waals surface area (Å²) in [5.74, 6) is 0. The highest BCUT2D eigenvalue weighted by Crippen LogP contribution is 2.16. The van der Waals surface area contributed by atoms with Crippen LogP contribution in [0.4, 0.5) is 0 Å². The van der Waals surface area contributed by atoms with Crippen molar-refractivity contribution in [1.82, 2.24) is 9.88 Å². The number of H-pyrrole nitrogens is 1. The molecule has 1 fully saturated rings. The number of nitrogens with zero attached hydrogens (tertiary/aromatic N) is 1. The molecule has 2 heterocycles. The van der Waals surface area contributed by atoms with Gasteiger partial charge in [0.2, 0.25) is 0 Å². The van der Waals surface area contributed by atoms with Gasteiger partial charge in [-0.3, -0.25) is 0 Å². The summed E-state index contributed by atoms with van der Waals surface area (Å²) in [6.07, 6.45) is 5.23. The fraction of sp³-hybridized carbons (Fsp3) is 0.467. The van der Waals surface area contributed by atoms with E-state index in [1.54, 1.807) is 0 Å². The van der Waals surface area contributed by atoms with Crippen LogP contribution >= 0.6 is 0 Å². The Labute approximate surface area is 103 Å². The number of aromatic nitrogens is 1. The molecule has 0 aliphatic carbocycles. The third-order valence-corrected chi connectivity index (χ3v) is 3.70. The lowest BCUT2D eigenvalue weighted by molar-refractivity contribution is 0.333. The van der Waals surface area contributed by atoms with Crippen LogP contribution in [0.25, 0.3) is 10.9 Å². The van der Waals surface area contributed by atoms with Crippen molar-refractivity contribution in [2.75, 3.05) is 19.6 Å². The van der Waals surface area contributed by atoms with Gasteiger partial charge in [-0.25, -0.2) is 0 Å². The van der Waals surface area contributed by atoms with Gasteiger partial charge in [-0.2, -0.15) is 0 Å². The van der Waals surface area contributed by atoms with E-state index in [9.17, 15) is 0 Å². The number of benzene rings is 1. The van der Waals surface area contributed by atoms with Crippen LogP contribution in [0.3, 0.4) is 0 Å². The molecule has 0 amide bonds. The lowest BCUT2D eigenvalue weighted by atomic mass is 10.2. The predicted octanol–water partition coefficient (Wildman–Crippen LogP) is 3.20. The first kappa shape index (κ1) is 10.8. The summed E-state index contributed by atoms with van der Waals surface area (Å²) >= 11 is 0. The van der Waals surface area contributed by atoms with Gasteiger partial charge in [0.05, 0.1) is 0 Å². The summed E-state index contributed by atoms with van der Waals surface area (Å²) in [4.78, 5) is 6.09. The van der Waals surface area contributed by atoms with Crippen LogP contribution < -0.4 is 0 Å². The highest BCUT2D eigenvalue weighted by Gasteiger charge is 2.10. The largest absolute Gasteiger partial charge is 0.358 e. The predicted molar refractivity (Wildman–Crippen MR) is 72.3 cm³/mol. The number of para-hydroxylation sites is 1. The molecule has 0 spiro atoms. The minimum atomic E-state index is 1.17. The Bertz CT molecular complexity index is 447. The number of likely N-dealkylation sites (tertiary alicyclic amines) is 1. The van der Waals surface area contributed by atoms with Crippen LogP contribution in [0, 0.1) is 0 Å². The number of aryl methyl sites for hydroxylation is 1. The summed E-state index contributed by atoms with van der Waals surface area (Å²) in [5.41, 5.74) is 2.65. The molecular weight excluding hydrogens is 208 g/mol. The zero-order chi connectivity index (χ0) is 11.5. The molecule has 1 aliphatic heterocycles. The van der Waals surface area contributed by atoms with E-state index >= 15 is 0 Å². The molecule has 1 saturated heterocycles. The number of fused-ring (bicyclic) bond motifs is 1. The van der Waals surface area contributed by atoms with E-state index in [1.165, 1.54) is 61.9 Å². The number of hydrogen-bond acceptors (Lipinski definition) is 1. The van der Waals surface area contributed by atoms with Crippen molar-refractivity contribution in [3.05, 3.63) is 36.0 Å². The molecule has 3 rings (SSSR count). The van der Waals surface area contributed by atoms with Crippen molar-refractivity contribution in [2.45, 2.75) is 25.7 Å². The van der Waals surface area contributed by atoms with Gasteiger partial charge in [-0.15, -0.1) is 0 Å². The second-order valence-corrected chi connectivity index (χ2v) is 5.03. The summed E-state index contributed by atoms with van der Waals surface area (Å²) < 4.78 is 0. The fourth-order valence-corrected chi connectivity index (χ4v) is 2.77. The minimum Gasteiger partial charge on any atom is -0.358 e. The SMILES string of the molecule is c1ccc2[nH]c(CCCN3CCCC3)cc2c1. The topological polar surface area (TPSA) is 19.0 Å². The Balaban J connectivity index is 1.57. The molecule has 2 aromatic rings. The molecule has 1 aliphatic rings. The molecule has 2 nitrogen and oxygen atoms in total. The maximum Gasteiger partial charge on any atom is 0.0456 e. The molecule has 0 bridgehead atoms. The quantitative estimate of drug-likeness (QED) is 0.851. The summed E-state index contributed by atoms with van der Waals surface area (Å²) in [6.45, 7) is 3.88. The summed E-state index contributed by atoms with van der Waals surface area (Å²) in [6, 6.07) is 10.8. The molecular formula is C15H20N2. The molecule has 0 atom stereocenters. The van der Waals surface area contributed by atoms with Crippen molar-refractivity contribution in [2.24, 2.45) is 0 Å². The first-order valence-electron chi connectivity index (χ1n) is 6.71. The molecule has 0 saturated carbocycles. The van der Waals surface area contributed by atoms with Gasteiger partial charge in [0, 0.05) is 11.2 Å². The number of hydrogen-bond donors (Lipinski definition) is 1. The van der Waals surface area contributed by atoms with Crippen molar-refractivity contribution in [1.29, 1.82) is 0 Å². The molecule has 90 valence electrons. The number of aromatic amines is 1. The minimum absolute atomic E-state index is 1.17. The highest BCUT2D eigenvalue weighted by molar-refractivity contribution is 5.80. The maximum absolute atomic E-state index is 3.50. The van der Waals surface area contributed by atoms with E-state index in [-0.39, 0.29) is 0 Å². The van der Waals surface area contributed by atoms with Crippen LogP contribution in [0.1, 0.15) is 25.0 Å². The molecule has 17 heavy (non-hydrogen) atoms. The number of nitrogens with one attached hydrogen (secondary N) is 1. The molecule has 1 aromatic carbocycles. The van der Waals surface area contributed by atoms with E-state index in [0.29, 0.717) is 0 Å². The molecule has 1 aromatic heterocycles. The molecule has 1 N–H and O–H groups in total. The Hall–Kier alpha value is -1.28. The van der Waals surface area contributed by atoms with Crippen LogP contribution in [0.5, 0.6) is 0 Å². The van der Waals surface area contributed by atoms with Gasteiger partial charge in [-0.05, 0) is 62.8 Å². The van der Waals surface area contributed by atoms with Crippen molar-refractivity contribution >= 4 is 10.9 Å². The average molecular weight is 228 g/mol. The highest BCUT2D eigenvalue weighted by atomic mass is 15.1. The van der Waals surface area contributed by atoms with Gasteiger partial charge >= 0.3 is 0 Å². The molecule has 2 heteroatoms. The van der Waals surface area contributed by atoms with Crippen molar-refractivity contribution < 1.29 is 0 Å². The third kappa shape index (κ3) is 2.52. The summed E-state index contributed by atoms with van der Waals surface area (Å²) in [7, 11) is 0. The lowest BCUT2D eigenvalue weighted by Crippen LogP contribution is -2.20. The molecule has 0 unspecified atom stereocenters.